The summed E-state index contributed by atoms with van der Waals surface area (Å²) >= 11 is 0. The monoisotopic (exact) mass is 353 g/mol. The molecule has 0 fully saturated rings. The van der Waals surface area contributed by atoms with Gasteiger partial charge in [-0.15, -0.1) is 0 Å². The summed E-state index contributed by atoms with van der Waals surface area (Å²) < 4.78 is 1.92. The highest BCUT2D eigenvalue weighted by atomic mass is 16.6. The van der Waals surface area contributed by atoms with Crippen LogP contribution in [0.25, 0.3) is 10.9 Å². The molecule has 1 atom stereocenters. The summed E-state index contributed by atoms with van der Waals surface area (Å²) in [7, 11) is 1.89. The van der Waals surface area contributed by atoms with Crippen LogP contribution in [0.4, 0.5) is 5.69 Å². The second kappa shape index (κ2) is 6.97. The van der Waals surface area contributed by atoms with E-state index in [0.717, 1.165) is 16.5 Å². The number of nitro benzene ring substituents is 1. The predicted octanol–water partition coefficient (Wildman–Crippen LogP) is 2.86. The molecule has 1 heterocycles. The van der Waals surface area contributed by atoms with Crippen molar-refractivity contribution in [1.29, 1.82) is 0 Å². The second-order valence-corrected chi connectivity index (χ2v) is 6.15. The van der Waals surface area contributed by atoms with Crippen molar-refractivity contribution in [3.8, 4) is 0 Å². The smallest absolute Gasteiger partial charge is 0.273 e. The largest absolute Gasteiger partial charge is 0.386 e. The molecule has 0 spiro atoms. The van der Waals surface area contributed by atoms with Crippen LogP contribution in [0.15, 0.2) is 48.7 Å². The van der Waals surface area contributed by atoms with E-state index in [-0.39, 0.29) is 17.8 Å². The molecule has 26 heavy (non-hydrogen) atoms. The zero-order valence-electron chi connectivity index (χ0n) is 14.5. The third-order valence-corrected chi connectivity index (χ3v) is 4.49. The molecule has 134 valence electrons. The molecule has 0 aliphatic rings. The highest BCUT2D eigenvalue weighted by molar-refractivity contribution is 5.96. The first-order valence-electron chi connectivity index (χ1n) is 8.14. The average molecular weight is 353 g/mol. The van der Waals surface area contributed by atoms with Crippen LogP contribution >= 0.6 is 0 Å². The number of hydrogen-bond acceptors (Lipinski definition) is 4. The summed E-state index contributed by atoms with van der Waals surface area (Å²) in [5, 5.41) is 25.1. The van der Waals surface area contributed by atoms with Gasteiger partial charge in [-0.25, -0.2) is 0 Å². The molecule has 7 heteroatoms. The SMILES string of the molecule is Cc1c(C(=O)NCC(O)c2cn(C)c3ccccc23)cccc1[N+](=O)[O-]. The van der Waals surface area contributed by atoms with Crippen molar-refractivity contribution in [2.24, 2.45) is 7.05 Å². The fourth-order valence-corrected chi connectivity index (χ4v) is 3.10. The fourth-order valence-electron chi connectivity index (χ4n) is 3.10. The Bertz CT molecular complexity index is 994. The number of aryl methyl sites for hydroxylation is 1. The molecule has 1 aromatic heterocycles. The van der Waals surface area contributed by atoms with Gasteiger partial charge in [-0.05, 0) is 19.1 Å². The molecule has 0 bridgehead atoms. The Hall–Kier alpha value is -3.19. The van der Waals surface area contributed by atoms with E-state index in [1.165, 1.54) is 25.1 Å². The van der Waals surface area contributed by atoms with Gasteiger partial charge in [0, 0.05) is 53.4 Å². The minimum absolute atomic E-state index is 0.00890. The van der Waals surface area contributed by atoms with Crippen LogP contribution in [0.5, 0.6) is 0 Å². The molecular weight excluding hydrogens is 334 g/mol. The van der Waals surface area contributed by atoms with Crippen LogP contribution in [0.3, 0.4) is 0 Å². The Morgan fingerprint density at radius 2 is 2.00 bits per heavy atom. The van der Waals surface area contributed by atoms with Crippen molar-refractivity contribution in [2.75, 3.05) is 6.54 Å². The zero-order chi connectivity index (χ0) is 18.8. The molecule has 1 unspecified atom stereocenters. The minimum Gasteiger partial charge on any atom is -0.386 e. The molecule has 3 rings (SSSR count). The number of amides is 1. The second-order valence-electron chi connectivity index (χ2n) is 6.15. The van der Waals surface area contributed by atoms with Crippen molar-refractivity contribution in [3.05, 3.63) is 75.5 Å². The van der Waals surface area contributed by atoms with E-state index in [4.69, 9.17) is 0 Å². The van der Waals surface area contributed by atoms with Crippen molar-refractivity contribution >= 4 is 22.5 Å². The Labute approximate surface area is 150 Å². The van der Waals surface area contributed by atoms with Crippen LogP contribution < -0.4 is 5.32 Å². The maximum Gasteiger partial charge on any atom is 0.273 e. The molecule has 1 amide bonds. The topological polar surface area (TPSA) is 97.4 Å². The normalized spacial score (nSPS) is 12.1. The number of rotatable bonds is 5. The average Bonchev–Trinajstić information content (AvgIpc) is 2.96. The number of aliphatic hydroxyl groups excluding tert-OH is 1. The van der Waals surface area contributed by atoms with E-state index < -0.39 is 16.9 Å². The van der Waals surface area contributed by atoms with Gasteiger partial charge in [0.05, 0.1) is 11.0 Å². The third kappa shape index (κ3) is 3.16. The first kappa shape index (κ1) is 17.6. The Morgan fingerprint density at radius 3 is 2.73 bits per heavy atom. The van der Waals surface area contributed by atoms with Gasteiger partial charge in [-0.3, -0.25) is 14.9 Å². The van der Waals surface area contributed by atoms with Gasteiger partial charge in [0.15, 0.2) is 0 Å². The molecule has 7 nitrogen and oxygen atoms in total. The quantitative estimate of drug-likeness (QED) is 0.544. The van der Waals surface area contributed by atoms with Gasteiger partial charge in [0.2, 0.25) is 0 Å². The number of aromatic nitrogens is 1. The van der Waals surface area contributed by atoms with E-state index in [1.54, 1.807) is 0 Å². The maximum absolute atomic E-state index is 12.4. The number of nitro groups is 1. The summed E-state index contributed by atoms with van der Waals surface area (Å²) in [6.45, 7) is 1.54. The predicted molar refractivity (Wildman–Crippen MR) is 98.0 cm³/mol. The summed E-state index contributed by atoms with van der Waals surface area (Å²) in [5.41, 5.74) is 2.13. The van der Waals surface area contributed by atoms with E-state index in [0.29, 0.717) is 5.56 Å². The van der Waals surface area contributed by atoms with Gasteiger partial charge < -0.3 is 15.0 Å². The van der Waals surface area contributed by atoms with Crippen molar-refractivity contribution in [3.63, 3.8) is 0 Å². The van der Waals surface area contributed by atoms with Gasteiger partial charge >= 0.3 is 0 Å². The first-order valence-corrected chi connectivity index (χ1v) is 8.14. The van der Waals surface area contributed by atoms with E-state index in [9.17, 15) is 20.0 Å². The van der Waals surface area contributed by atoms with Crippen LogP contribution in [-0.2, 0) is 7.05 Å². The molecule has 0 aliphatic carbocycles. The Balaban J connectivity index is 1.77. The number of carbonyl (C=O) groups excluding carboxylic acids is 1. The molecule has 2 N–H and O–H groups in total. The van der Waals surface area contributed by atoms with E-state index in [1.807, 2.05) is 42.1 Å². The van der Waals surface area contributed by atoms with Crippen LogP contribution in [0.1, 0.15) is 27.6 Å². The summed E-state index contributed by atoms with van der Waals surface area (Å²) in [5.74, 6) is -0.453. The standard InChI is InChI=1S/C19H19N3O4/c1-12-13(7-5-9-16(12)22(25)26)19(24)20-10-18(23)15-11-21(2)17-8-4-3-6-14(15)17/h3-9,11,18,23H,10H2,1-2H3,(H,20,24). The molecular formula is C19H19N3O4. The number of nitrogens with zero attached hydrogens (tertiary/aromatic N) is 2. The fraction of sp³-hybridized carbons (Fsp3) is 0.211. The molecule has 0 radical (unpaired) electrons. The van der Waals surface area contributed by atoms with Crippen LogP contribution in [0.2, 0.25) is 0 Å². The maximum atomic E-state index is 12.4. The van der Waals surface area contributed by atoms with Crippen LogP contribution in [-0.4, -0.2) is 27.0 Å². The van der Waals surface area contributed by atoms with Gasteiger partial charge in [0.1, 0.15) is 0 Å². The lowest BCUT2D eigenvalue weighted by Crippen LogP contribution is -2.29. The molecule has 0 saturated heterocycles. The third-order valence-electron chi connectivity index (χ3n) is 4.49. The Kier molecular flexibility index (Phi) is 4.73. The van der Waals surface area contributed by atoms with Crippen LogP contribution in [0, 0.1) is 17.0 Å². The lowest BCUT2D eigenvalue weighted by Gasteiger charge is -2.12. The number of carbonyl (C=O) groups is 1. The number of para-hydroxylation sites is 1. The van der Waals surface area contributed by atoms with Gasteiger partial charge in [0.25, 0.3) is 11.6 Å². The lowest BCUT2D eigenvalue weighted by molar-refractivity contribution is -0.385. The van der Waals surface area contributed by atoms with Gasteiger partial charge in [-0.2, -0.15) is 0 Å². The minimum atomic E-state index is -0.885. The van der Waals surface area contributed by atoms with E-state index >= 15 is 0 Å². The van der Waals surface area contributed by atoms with Crippen molar-refractivity contribution in [2.45, 2.75) is 13.0 Å². The highest BCUT2D eigenvalue weighted by Crippen LogP contribution is 2.26. The van der Waals surface area contributed by atoms with E-state index in [2.05, 4.69) is 5.32 Å². The molecule has 0 aliphatic heterocycles. The molecule has 3 aromatic rings. The first-order chi connectivity index (χ1) is 12.4. The number of hydrogen-bond donors (Lipinski definition) is 2. The lowest BCUT2D eigenvalue weighted by atomic mass is 10.1. The zero-order valence-corrected chi connectivity index (χ0v) is 14.5. The summed E-state index contributed by atoms with van der Waals surface area (Å²) in [4.78, 5) is 22.9. The number of aliphatic hydroxyl groups is 1. The molecule has 2 aromatic carbocycles. The number of fused-ring (bicyclic) bond motifs is 1. The molecule has 0 saturated carbocycles. The van der Waals surface area contributed by atoms with Crippen molar-refractivity contribution in [1.82, 2.24) is 9.88 Å². The Morgan fingerprint density at radius 1 is 1.27 bits per heavy atom. The summed E-state index contributed by atoms with van der Waals surface area (Å²) in [6.07, 6.45) is 0.948. The van der Waals surface area contributed by atoms with Gasteiger partial charge in [-0.1, -0.05) is 24.3 Å². The number of benzene rings is 2. The van der Waals surface area contributed by atoms with Crippen molar-refractivity contribution < 1.29 is 14.8 Å². The highest BCUT2D eigenvalue weighted by Gasteiger charge is 2.20. The number of nitrogens with one attached hydrogen (secondary N) is 1. The summed E-state index contributed by atoms with van der Waals surface area (Å²) in [6, 6.07) is 12.0.